The minimum Gasteiger partial charge on any atom is -0.350 e. The highest BCUT2D eigenvalue weighted by Crippen LogP contribution is 2.18. The summed E-state index contributed by atoms with van der Waals surface area (Å²) in [6, 6.07) is 7.28. The maximum atomic E-state index is 12.4. The highest BCUT2D eigenvalue weighted by molar-refractivity contribution is 5.84. The molecule has 7 heteroatoms. The largest absolute Gasteiger partial charge is 0.350 e. The molecule has 0 saturated carbocycles. The number of nitrogens with one attached hydrogen (secondary N) is 1. The van der Waals surface area contributed by atoms with Gasteiger partial charge >= 0.3 is 0 Å². The molecule has 0 unspecified atom stereocenters. The van der Waals surface area contributed by atoms with E-state index in [0.29, 0.717) is 37.0 Å². The van der Waals surface area contributed by atoms with Gasteiger partial charge in [-0.1, -0.05) is 18.2 Å². The van der Waals surface area contributed by atoms with Crippen molar-refractivity contribution in [1.82, 2.24) is 20.0 Å². The number of fused-ring (bicyclic) bond motifs is 1. The number of hydrogen-bond acceptors (Lipinski definition) is 4. The SMILES string of the molecule is CC(=O)N1CCC(C(=O)NCc2nn(C)c(=O)c3ccccc23)CC1. The molecule has 1 aromatic heterocycles. The summed E-state index contributed by atoms with van der Waals surface area (Å²) in [6.45, 7) is 3.07. The van der Waals surface area contributed by atoms with Crippen LogP contribution in [0.3, 0.4) is 0 Å². The van der Waals surface area contributed by atoms with E-state index in [1.807, 2.05) is 18.2 Å². The molecule has 0 aliphatic carbocycles. The summed E-state index contributed by atoms with van der Waals surface area (Å²) in [5.74, 6) is -0.0583. The van der Waals surface area contributed by atoms with Gasteiger partial charge in [0.05, 0.1) is 17.6 Å². The van der Waals surface area contributed by atoms with E-state index in [1.54, 1.807) is 24.9 Å². The second kappa shape index (κ2) is 7.04. The van der Waals surface area contributed by atoms with Crippen LogP contribution in [0.1, 0.15) is 25.5 Å². The van der Waals surface area contributed by atoms with Gasteiger partial charge in [0.2, 0.25) is 11.8 Å². The van der Waals surface area contributed by atoms with Gasteiger partial charge < -0.3 is 10.2 Å². The lowest BCUT2D eigenvalue weighted by molar-refractivity contribution is -0.134. The van der Waals surface area contributed by atoms with Crippen LogP contribution in [0.4, 0.5) is 0 Å². The summed E-state index contributed by atoms with van der Waals surface area (Å²) < 4.78 is 1.30. The Kier molecular flexibility index (Phi) is 4.83. The molecule has 132 valence electrons. The predicted molar refractivity (Wildman–Crippen MR) is 93.8 cm³/mol. The molecule has 1 N–H and O–H groups in total. The van der Waals surface area contributed by atoms with Crippen LogP contribution in [-0.4, -0.2) is 39.6 Å². The second-order valence-corrected chi connectivity index (χ2v) is 6.42. The van der Waals surface area contributed by atoms with Crippen molar-refractivity contribution in [1.29, 1.82) is 0 Å². The molecule has 0 atom stereocenters. The number of carbonyl (C=O) groups excluding carboxylic acids is 2. The zero-order valence-electron chi connectivity index (χ0n) is 14.5. The van der Waals surface area contributed by atoms with Crippen LogP contribution in [0.5, 0.6) is 0 Å². The molecule has 25 heavy (non-hydrogen) atoms. The van der Waals surface area contributed by atoms with Crippen LogP contribution in [0, 0.1) is 5.92 Å². The fraction of sp³-hybridized carbons (Fsp3) is 0.444. The van der Waals surface area contributed by atoms with Crippen molar-refractivity contribution in [2.75, 3.05) is 13.1 Å². The molecule has 7 nitrogen and oxygen atoms in total. The quantitative estimate of drug-likeness (QED) is 0.894. The van der Waals surface area contributed by atoms with Crippen LogP contribution >= 0.6 is 0 Å². The Morgan fingerprint density at radius 1 is 1.20 bits per heavy atom. The maximum Gasteiger partial charge on any atom is 0.274 e. The Bertz CT molecular complexity index is 866. The van der Waals surface area contributed by atoms with Crippen LogP contribution in [-0.2, 0) is 23.2 Å². The molecule has 2 heterocycles. The molecule has 0 spiro atoms. The Balaban J connectivity index is 1.69. The van der Waals surface area contributed by atoms with E-state index in [0.717, 1.165) is 5.39 Å². The van der Waals surface area contributed by atoms with Crippen molar-refractivity contribution in [3.8, 4) is 0 Å². The van der Waals surface area contributed by atoms with Crippen molar-refractivity contribution >= 4 is 22.6 Å². The first kappa shape index (κ1) is 17.1. The lowest BCUT2D eigenvalue weighted by atomic mass is 9.96. The molecule has 1 aromatic carbocycles. The van der Waals surface area contributed by atoms with Gasteiger partial charge in [0.25, 0.3) is 5.56 Å². The number of aryl methyl sites for hydroxylation is 1. The number of aromatic nitrogens is 2. The standard InChI is InChI=1S/C18H22N4O3/c1-12(23)22-9-7-13(8-10-22)17(24)19-11-16-14-5-3-4-6-15(14)18(25)21(2)20-16/h3-6,13H,7-11H2,1-2H3,(H,19,24). The number of likely N-dealkylation sites (tertiary alicyclic amines) is 1. The monoisotopic (exact) mass is 342 g/mol. The van der Waals surface area contributed by atoms with Crippen LogP contribution in [0.2, 0.25) is 0 Å². The zero-order chi connectivity index (χ0) is 18.0. The van der Waals surface area contributed by atoms with E-state index in [-0.39, 0.29) is 29.8 Å². The number of benzene rings is 1. The zero-order valence-corrected chi connectivity index (χ0v) is 14.5. The van der Waals surface area contributed by atoms with Gasteiger partial charge in [0, 0.05) is 38.4 Å². The van der Waals surface area contributed by atoms with E-state index in [2.05, 4.69) is 10.4 Å². The summed E-state index contributed by atoms with van der Waals surface area (Å²) in [6.07, 6.45) is 1.35. The molecule has 1 aliphatic heterocycles. The van der Waals surface area contributed by atoms with Crippen LogP contribution in [0.15, 0.2) is 29.1 Å². The summed E-state index contributed by atoms with van der Waals surface area (Å²) in [4.78, 5) is 37.7. The average molecular weight is 342 g/mol. The predicted octanol–water partition coefficient (Wildman–Crippen LogP) is 0.808. The van der Waals surface area contributed by atoms with Crippen molar-refractivity contribution < 1.29 is 9.59 Å². The van der Waals surface area contributed by atoms with Crippen molar-refractivity contribution in [2.24, 2.45) is 13.0 Å². The van der Waals surface area contributed by atoms with Crippen LogP contribution in [0.25, 0.3) is 10.8 Å². The number of amides is 2. The molecule has 1 aliphatic rings. The Morgan fingerprint density at radius 3 is 2.48 bits per heavy atom. The van der Waals surface area contributed by atoms with Crippen molar-refractivity contribution in [3.05, 3.63) is 40.3 Å². The van der Waals surface area contributed by atoms with Gasteiger partial charge in [0.15, 0.2) is 0 Å². The smallest absolute Gasteiger partial charge is 0.274 e. The number of hydrogen-bond donors (Lipinski definition) is 1. The third-order valence-electron chi connectivity index (χ3n) is 4.77. The first-order chi connectivity index (χ1) is 12.0. The highest BCUT2D eigenvalue weighted by atomic mass is 16.2. The van der Waals surface area contributed by atoms with E-state index in [1.165, 1.54) is 4.68 Å². The molecule has 1 fully saturated rings. The summed E-state index contributed by atoms with van der Waals surface area (Å²) >= 11 is 0. The van der Waals surface area contributed by atoms with Crippen molar-refractivity contribution in [3.63, 3.8) is 0 Å². The number of carbonyl (C=O) groups is 2. The number of piperidine rings is 1. The summed E-state index contributed by atoms with van der Waals surface area (Å²) in [5.41, 5.74) is 0.523. The number of rotatable bonds is 3. The minimum atomic E-state index is -0.151. The van der Waals surface area contributed by atoms with Crippen molar-refractivity contribution in [2.45, 2.75) is 26.3 Å². The Hall–Kier alpha value is -2.70. The molecular weight excluding hydrogens is 320 g/mol. The second-order valence-electron chi connectivity index (χ2n) is 6.42. The Labute approximate surface area is 145 Å². The highest BCUT2D eigenvalue weighted by Gasteiger charge is 2.26. The van der Waals surface area contributed by atoms with Gasteiger partial charge in [-0.15, -0.1) is 0 Å². The molecule has 1 saturated heterocycles. The fourth-order valence-electron chi connectivity index (χ4n) is 3.28. The normalized spacial score (nSPS) is 15.4. The van der Waals surface area contributed by atoms with Gasteiger partial charge in [0.1, 0.15) is 0 Å². The molecule has 2 aromatic rings. The number of nitrogens with zero attached hydrogens (tertiary/aromatic N) is 3. The van der Waals surface area contributed by atoms with E-state index in [9.17, 15) is 14.4 Å². The van der Waals surface area contributed by atoms with E-state index < -0.39 is 0 Å². The van der Waals surface area contributed by atoms with Gasteiger partial charge in [-0.05, 0) is 18.9 Å². The van der Waals surface area contributed by atoms with Crippen LogP contribution < -0.4 is 10.9 Å². The molecule has 0 radical (unpaired) electrons. The van der Waals surface area contributed by atoms with E-state index in [4.69, 9.17) is 0 Å². The van der Waals surface area contributed by atoms with Gasteiger partial charge in [-0.2, -0.15) is 5.10 Å². The molecule has 2 amide bonds. The maximum absolute atomic E-state index is 12.4. The van der Waals surface area contributed by atoms with Gasteiger partial charge in [-0.25, -0.2) is 4.68 Å². The lowest BCUT2D eigenvalue weighted by Crippen LogP contribution is -2.42. The molecule has 0 bridgehead atoms. The molecular formula is C18H22N4O3. The summed E-state index contributed by atoms with van der Waals surface area (Å²) in [5, 5.41) is 8.58. The Morgan fingerprint density at radius 2 is 1.84 bits per heavy atom. The first-order valence-corrected chi connectivity index (χ1v) is 8.45. The fourth-order valence-corrected chi connectivity index (χ4v) is 3.28. The van der Waals surface area contributed by atoms with Gasteiger partial charge in [-0.3, -0.25) is 14.4 Å². The van der Waals surface area contributed by atoms with E-state index >= 15 is 0 Å². The minimum absolute atomic E-state index is 0.0251. The summed E-state index contributed by atoms with van der Waals surface area (Å²) in [7, 11) is 1.61. The lowest BCUT2D eigenvalue weighted by Gasteiger charge is -2.30. The third kappa shape index (κ3) is 3.55. The molecule has 3 rings (SSSR count). The first-order valence-electron chi connectivity index (χ1n) is 8.45. The average Bonchev–Trinajstić information content (AvgIpc) is 2.63. The topological polar surface area (TPSA) is 84.3 Å². The third-order valence-corrected chi connectivity index (χ3v) is 4.77.